The van der Waals surface area contributed by atoms with E-state index in [2.05, 4.69) is 61.7 Å². The highest BCUT2D eigenvalue weighted by Crippen LogP contribution is 2.37. The standard InChI is InChI=1S/C34H41N5O3/c40-33(35-23-26-7-3-1-4-8-26)36-29-13-11-27(12-14-29)24-37-19-15-31(16-20-37)39-32(28-9-5-2-6-10-28)25-38(34(39)41)30-17-21-42-22-18-30/h1-14,30-32H,15-25H2,(H2,35,36,40)/t32-/m0/s1. The number of hydrogen-bond acceptors (Lipinski definition) is 4. The van der Waals surface area contributed by atoms with Gasteiger partial charge in [-0.2, -0.15) is 0 Å². The Morgan fingerprint density at radius 3 is 2.14 bits per heavy atom. The van der Waals surface area contributed by atoms with Crippen LogP contribution in [-0.2, 0) is 17.8 Å². The molecule has 3 aromatic rings. The number of anilines is 1. The van der Waals surface area contributed by atoms with Crippen LogP contribution >= 0.6 is 0 Å². The first-order chi connectivity index (χ1) is 20.6. The van der Waals surface area contributed by atoms with Crippen molar-refractivity contribution in [3.05, 3.63) is 102 Å². The minimum atomic E-state index is -0.214. The van der Waals surface area contributed by atoms with Crippen molar-refractivity contribution in [3.8, 4) is 0 Å². The zero-order chi connectivity index (χ0) is 28.7. The average Bonchev–Trinajstić information content (AvgIpc) is 3.39. The van der Waals surface area contributed by atoms with Gasteiger partial charge in [0.25, 0.3) is 0 Å². The van der Waals surface area contributed by atoms with Crippen molar-refractivity contribution >= 4 is 17.7 Å². The molecule has 0 saturated carbocycles. The van der Waals surface area contributed by atoms with E-state index in [1.54, 1.807) is 0 Å². The molecule has 4 amide bonds. The molecule has 0 aliphatic carbocycles. The van der Waals surface area contributed by atoms with Gasteiger partial charge in [0.2, 0.25) is 0 Å². The van der Waals surface area contributed by atoms with Gasteiger partial charge in [-0.3, -0.25) is 4.90 Å². The number of carbonyl (C=O) groups is 2. The fraction of sp³-hybridized carbons (Fsp3) is 0.412. The van der Waals surface area contributed by atoms with Gasteiger partial charge in [0.15, 0.2) is 0 Å². The summed E-state index contributed by atoms with van der Waals surface area (Å²) in [4.78, 5) is 33.0. The molecule has 3 aliphatic rings. The summed E-state index contributed by atoms with van der Waals surface area (Å²) in [6, 6.07) is 29.1. The van der Waals surface area contributed by atoms with E-state index in [9.17, 15) is 9.59 Å². The molecule has 8 heteroatoms. The van der Waals surface area contributed by atoms with Gasteiger partial charge < -0.3 is 25.2 Å². The number of likely N-dealkylation sites (tertiary alicyclic amines) is 1. The third-order valence-corrected chi connectivity index (χ3v) is 8.85. The highest BCUT2D eigenvalue weighted by molar-refractivity contribution is 5.89. The number of nitrogens with zero attached hydrogens (tertiary/aromatic N) is 3. The Labute approximate surface area is 248 Å². The lowest BCUT2D eigenvalue weighted by atomic mass is 9.98. The van der Waals surface area contributed by atoms with E-state index in [1.807, 2.05) is 48.5 Å². The number of carbonyl (C=O) groups excluding carboxylic acids is 2. The third-order valence-electron chi connectivity index (χ3n) is 8.85. The second kappa shape index (κ2) is 13.4. The summed E-state index contributed by atoms with van der Waals surface area (Å²) in [7, 11) is 0. The predicted molar refractivity (Wildman–Crippen MR) is 164 cm³/mol. The van der Waals surface area contributed by atoms with Gasteiger partial charge in [-0.1, -0.05) is 72.8 Å². The Morgan fingerprint density at radius 1 is 0.786 bits per heavy atom. The molecule has 8 nitrogen and oxygen atoms in total. The van der Waals surface area contributed by atoms with Crippen LogP contribution < -0.4 is 10.6 Å². The summed E-state index contributed by atoms with van der Waals surface area (Å²) in [6.07, 6.45) is 3.79. The largest absolute Gasteiger partial charge is 0.381 e. The quantitative estimate of drug-likeness (QED) is 0.370. The van der Waals surface area contributed by atoms with Gasteiger partial charge in [0.05, 0.1) is 6.04 Å². The van der Waals surface area contributed by atoms with Crippen LogP contribution in [0.3, 0.4) is 0 Å². The molecule has 3 saturated heterocycles. The lowest BCUT2D eigenvalue weighted by Crippen LogP contribution is -2.48. The summed E-state index contributed by atoms with van der Waals surface area (Å²) >= 11 is 0. The summed E-state index contributed by atoms with van der Waals surface area (Å²) < 4.78 is 5.58. The number of rotatable bonds is 8. The second-order valence-electron chi connectivity index (χ2n) is 11.6. The van der Waals surface area contributed by atoms with Gasteiger partial charge in [-0.25, -0.2) is 9.59 Å². The number of amides is 4. The molecule has 3 fully saturated rings. The SMILES string of the molecule is O=C(NCc1ccccc1)Nc1ccc(CN2CCC(N3C(=O)N(C4CCOCC4)C[C@H]3c3ccccc3)CC2)cc1. The molecule has 2 N–H and O–H groups in total. The van der Waals surface area contributed by atoms with Crippen molar-refractivity contribution in [1.29, 1.82) is 0 Å². The second-order valence-corrected chi connectivity index (χ2v) is 11.6. The Morgan fingerprint density at radius 2 is 1.45 bits per heavy atom. The smallest absolute Gasteiger partial charge is 0.321 e. The minimum Gasteiger partial charge on any atom is -0.381 e. The number of ether oxygens (including phenoxy) is 1. The maximum Gasteiger partial charge on any atom is 0.321 e. The predicted octanol–water partition coefficient (Wildman–Crippen LogP) is 5.63. The lowest BCUT2D eigenvalue weighted by molar-refractivity contribution is 0.0493. The highest BCUT2D eigenvalue weighted by atomic mass is 16.5. The molecule has 220 valence electrons. The van der Waals surface area contributed by atoms with Crippen LogP contribution in [0.15, 0.2) is 84.9 Å². The van der Waals surface area contributed by atoms with Crippen molar-refractivity contribution < 1.29 is 14.3 Å². The van der Waals surface area contributed by atoms with Crippen LogP contribution in [0.1, 0.15) is 48.4 Å². The Kier molecular flexibility index (Phi) is 9.01. The van der Waals surface area contributed by atoms with Gasteiger partial charge >= 0.3 is 12.1 Å². The summed E-state index contributed by atoms with van der Waals surface area (Å²) in [5, 5.41) is 5.81. The maximum atomic E-state index is 13.8. The Balaban J connectivity index is 1.02. The van der Waals surface area contributed by atoms with Crippen molar-refractivity contribution in [2.45, 2.75) is 56.9 Å². The topological polar surface area (TPSA) is 77.2 Å². The minimum absolute atomic E-state index is 0.100. The molecule has 0 bridgehead atoms. The summed E-state index contributed by atoms with van der Waals surface area (Å²) in [6.45, 7) is 5.49. The molecular weight excluding hydrogens is 526 g/mol. The van der Waals surface area contributed by atoms with E-state index in [-0.39, 0.29) is 30.2 Å². The lowest BCUT2D eigenvalue weighted by Gasteiger charge is -2.39. The Bertz CT molecular complexity index is 1310. The summed E-state index contributed by atoms with van der Waals surface area (Å²) in [5.74, 6) is 0. The fourth-order valence-electron chi connectivity index (χ4n) is 6.55. The molecule has 3 aromatic carbocycles. The molecule has 0 spiro atoms. The zero-order valence-corrected chi connectivity index (χ0v) is 24.2. The van der Waals surface area contributed by atoms with E-state index in [0.717, 1.165) is 76.3 Å². The van der Waals surface area contributed by atoms with Crippen LogP contribution in [0, 0.1) is 0 Å². The summed E-state index contributed by atoms with van der Waals surface area (Å²) in [5.41, 5.74) is 4.28. The molecule has 3 heterocycles. The van der Waals surface area contributed by atoms with Crippen LogP contribution in [0.2, 0.25) is 0 Å². The van der Waals surface area contributed by atoms with Crippen molar-refractivity contribution in [3.63, 3.8) is 0 Å². The molecule has 6 rings (SSSR count). The number of nitrogens with one attached hydrogen (secondary N) is 2. The van der Waals surface area contributed by atoms with Crippen molar-refractivity contribution in [2.24, 2.45) is 0 Å². The molecule has 1 atom stereocenters. The average molecular weight is 568 g/mol. The number of piperidine rings is 1. The molecule has 3 aliphatic heterocycles. The molecule has 0 unspecified atom stereocenters. The Hall–Kier alpha value is -3.88. The maximum absolute atomic E-state index is 13.8. The van der Waals surface area contributed by atoms with Gasteiger partial charge in [0.1, 0.15) is 0 Å². The first-order valence-electron chi connectivity index (χ1n) is 15.3. The molecule has 0 radical (unpaired) electrons. The first kappa shape index (κ1) is 28.2. The first-order valence-corrected chi connectivity index (χ1v) is 15.3. The van der Waals surface area contributed by atoms with Gasteiger partial charge in [-0.05, 0) is 54.5 Å². The fourth-order valence-corrected chi connectivity index (χ4v) is 6.55. The highest BCUT2D eigenvalue weighted by Gasteiger charge is 2.45. The van der Waals surface area contributed by atoms with Crippen molar-refractivity contribution in [2.75, 3.05) is 38.2 Å². The van der Waals surface area contributed by atoms with Crippen LogP contribution in [0.25, 0.3) is 0 Å². The van der Waals surface area contributed by atoms with E-state index in [4.69, 9.17) is 4.74 Å². The normalized spacial score (nSPS) is 20.6. The van der Waals surface area contributed by atoms with Crippen LogP contribution in [-0.4, -0.2) is 71.7 Å². The third kappa shape index (κ3) is 6.77. The monoisotopic (exact) mass is 567 g/mol. The molecule has 0 aromatic heterocycles. The van der Waals surface area contributed by atoms with Crippen LogP contribution in [0.4, 0.5) is 15.3 Å². The molecular formula is C34H41N5O3. The number of benzene rings is 3. The van der Waals surface area contributed by atoms with E-state index in [0.29, 0.717) is 6.54 Å². The number of hydrogen-bond donors (Lipinski definition) is 2. The van der Waals surface area contributed by atoms with Crippen LogP contribution in [0.5, 0.6) is 0 Å². The molecule has 42 heavy (non-hydrogen) atoms. The van der Waals surface area contributed by atoms with E-state index in [1.165, 1.54) is 11.1 Å². The van der Waals surface area contributed by atoms with E-state index < -0.39 is 0 Å². The van der Waals surface area contributed by atoms with Gasteiger partial charge in [-0.15, -0.1) is 0 Å². The van der Waals surface area contributed by atoms with Gasteiger partial charge in [0, 0.05) is 63.7 Å². The van der Waals surface area contributed by atoms with E-state index >= 15 is 0 Å². The number of urea groups is 2. The van der Waals surface area contributed by atoms with Crippen molar-refractivity contribution in [1.82, 2.24) is 20.0 Å². The zero-order valence-electron chi connectivity index (χ0n) is 24.2.